The van der Waals surface area contributed by atoms with E-state index in [0.717, 1.165) is 24.2 Å². The Morgan fingerprint density at radius 1 is 1.40 bits per heavy atom. The van der Waals surface area contributed by atoms with E-state index in [2.05, 4.69) is 4.72 Å². The molecule has 8 heteroatoms. The molecule has 1 heterocycles. The molecule has 0 saturated heterocycles. The van der Waals surface area contributed by atoms with Crippen molar-refractivity contribution in [3.8, 4) is 0 Å². The number of aliphatic hydroxyl groups is 1. The number of carboxylic acids is 1. The summed E-state index contributed by atoms with van der Waals surface area (Å²) >= 11 is 0.893. The van der Waals surface area contributed by atoms with Crippen LogP contribution < -0.4 is 4.72 Å². The van der Waals surface area contributed by atoms with Crippen LogP contribution in [0.5, 0.6) is 0 Å². The molecule has 2 rings (SSSR count). The number of sulfonamides is 1. The summed E-state index contributed by atoms with van der Waals surface area (Å²) in [6.45, 7) is 1.56. The van der Waals surface area contributed by atoms with Gasteiger partial charge in [-0.25, -0.2) is 17.9 Å². The second-order valence-corrected chi connectivity index (χ2v) is 7.49. The summed E-state index contributed by atoms with van der Waals surface area (Å²) in [7, 11) is -3.94. The fraction of sp³-hybridized carbons (Fsp3) is 0.583. The second kappa shape index (κ2) is 5.80. The summed E-state index contributed by atoms with van der Waals surface area (Å²) in [5.74, 6) is -1.26. The first-order chi connectivity index (χ1) is 9.33. The van der Waals surface area contributed by atoms with Crippen LogP contribution in [0.2, 0.25) is 0 Å². The number of carboxylic acid groups (broad SMARTS) is 1. The lowest BCUT2D eigenvalue weighted by molar-refractivity contribution is 0.0698. The number of nitrogens with one attached hydrogen (secondary N) is 1. The predicted octanol–water partition coefficient (Wildman–Crippen LogP) is 1.34. The van der Waals surface area contributed by atoms with Gasteiger partial charge in [0.2, 0.25) is 10.0 Å². The predicted molar refractivity (Wildman–Crippen MR) is 74.6 cm³/mol. The number of aryl methyl sites for hydroxylation is 1. The van der Waals surface area contributed by atoms with E-state index in [-0.39, 0.29) is 9.77 Å². The molecule has 0 radical (unpaired) electrons. The van der Waals surface area contributed by atoms with Crippen LogP contribution in [0.3, 0.4) is 0 Å². The lowest BCUT2D eigenvalue weighted by atomic mass is 9.93. The summed E-state index contributed by atoms with van der Waals surface area (Å²) in [5, 5.41) is 20.4. The molecule has 20 heavy (non-hydrogen) atoms. The molecular weight excluding hydrogens is 302 g/mol. The fourth-order valence-corrected chi connectivity index (χ4v) is 5.36. The van der Waals surface area contributed by atoms with Crippen LogP contribution in [0, 0.1) is 6.92 Å². The smallest absolute Gasteiger partial charge is 0.347 e. The van der Waals surface area contributed by atoms with E-state index in [1.54, 1.807) is 6.92 Å². The zero-order valence-electron chi connectivity index (χ0n) is 11.0. The van der Waals surface area contributed by atoms with Gasteiger partial charge >= 0.3 is 5.97 Å². The van der Waals surface area contributed by atoms with Crippen molar-refractivity contribution < 1.29 is 23.4 Å². The first-order valence-electron chi connectivity index (χ1n) is 6.34. The van der Waals surface area contributed by atoms with Gasteiger partial charge in [-0.3, -0.25) is 0 Å². The van der Waals surface area contributed by atoms with Crippen molar-refractivity contribution in [3.05, 3.63) is 15.8 Å². The summed E-state index contributed by atoms with van der Waals surface area (Å²) in [4.78, 5) is 10.7. The average Bonchev–Trinajstić information content (AvgIpc) is 2.75. The van der Waals surface area contributed by atoms with Gasteiger partial charge in [0.1, 0.15) is 9.77 Å². The average molecular weight is 319 g/mol. The van der Waals surface area contributed by atoms with Crippen LogP contribution in [0.25, 0.3) is 0 Å². The van der Waals surface area contributed by atoms with E-state index in [1.165, 1.54) is 5.38 Å². The van der Waals surface area contributed by atoms with Gasteiger partial charge in [0.25, 0.3) is 0 Å². The summed E-state index contributed by atoms with van der Waals surface area (Å²) < 4.78 is 27.2. The largest absolute Gasteiger partial charge is 0.477 e. The van der Waals surface area contributed by atoms with E-state index in [9.17, 15) is 18.3 Å². The van der Waals surface area contributed by atoms with Crippen molar-refractivity contribution in [2.45, 2.75) is 49.6 Å². The zero-order valence-corrected chi connectivity index (χ0v) is 12.6. The molecule has 0 amide bonds. The molecule has 1 saturated carbocycles. The topological polar surface area (TPSA) is 104 Å². The van der Waals surface area contributed by atoms with E-state index in [4.69, 9.17) is 5.11 Å². The maximum absolute atomic E-state index is 12.4. The van der Waals surface area contributed by atoms with Crippen molar-refractivity contribution >= 4 is 27.3 Å². The van der Waals surface area contributed by atoms with Crippen LogP contribution >= 0.6 is 11.3 Å². The van der Waals surface area contributed by atoms with Crippen molar-refractivity contribution in [3.63, 3.8) is 0 Å². The van der Waals surface area contributed by atoms with Gasteiger partial charge in [0, 0.05) is 6.04 Å². The molecule has 0 spiro atoms. The minimum absolute atomic E-state index is 0.187. The SMILES string of the molecule is Cc1csc(C(=O)O)c1S(=O)(=O)N[C@@H]1CCCC[C@H]1O. The Hall–Kier alpha value is -0.960. The zero-order chi connectivity index (χ0) is 14.9. The lowest BCUT2D eigenvalue weighted by Gasteiger charge is -2.28. The van der Waals surface area contributed by atoms with Crippen molar-refractivity contribution in [2.75, 3.05) is 0 Å². The highest BCUT2D eigenvalue weighted by Crippen LogP contribution is 2.28. The van der Waals surface area contributed by atoms with Crippen molar-refractivity contribution in [1.29, 1.82) is 0 Å². The Kier molecular flexibility index (Phi) is 4.48. The first-order valence-corrected chi connectivity index (χ1v) is 8.71. The molecule has 1 aromatic rings. The number of aliphatic hydroxyl groups excluding tert-OH is 1. The van der Waals surface area contributed by atoms with E-state index in [0.29, 0.717) is 18.4 Å². The van der Waals surface area contributed by atoms with E-state index < -0.39 is 28.1 Å². The molecule has 2 atom stereocenters. The monoisotopic (exact) mass is 319 g/mol. The molecule has 3 N–H and O–H groups in total. The molecule has 0 aliphatic heterocycles. The highest BCUT2D eigenvalue weighted by Gasteiger charge is 2.32. The molecule has 6 nitrogen and oxygen atoms in total. The molecular formula is C12H17NO5S2. The number of hydrogen-bond acceptors (Lipinski definition) is 5. The van der Waals surface area contributed by atoms with Crippen molar-refractivity contribution in [2.24, 2.45) is 0 Å². The molecule has 0 bridgehead atoms. The maximum atomic E-state index is 12.4. The number of rotatable bonds is 4. The van der Waals surface area contributed by atoms with Gasteiger partial charge in [-0.05, 0) is 30.7 Å². The minimum atomic E-state index is -3.94. The Morgan fingerprint density at radius 3 is 2.65 bits per heavy atom. The Balaban J connectivity index is 2.31. The van der Waals surface area contributed by atoms with Crippen LogP contribution in [0.4, 0.5) is 0 Å². The van der Waals surface area contributed by atoms with E-state index >= 15 is 0 Å². The van der Waals surface area contributed by atoms with Crippen LogP contribution in [-0.4, -0.2) is 36.7 Å². The first kappa shape index (κ1) is 15.4. The highest BCUT2D eigenvalue weighted by molar-refractivity contribution is 7.89. The van der Waals surface area contributed by atoms with Gasteiger partial charge < -0.3 is 10.2 Å². The summed E-state index contributed by atoms with van der Waals surface area (Å²) in [5.41, 5.74) is 0.408. The van der Waals surface area contributed by atoms with Gasteiger partial charge in [-0.1, -0.05) is 12.8 Å². The maximum Gasteiger partial charge on any atom is 0.347 e. The normalized spacial score (nSPS) is 23.7. The third-order valence-electron chi connectivity index (χ3n) is 3.42. The highest BCUT2D eigenvalue weighted by atomic mass is 32.2. The Morgan fingerprint density at radius 2 is 2.05 bits per heavy atom. The molecule has 0 aromatic carbocycles. The molecule has 0 unspecified atom stereocenters. The van der Waals surface area contributed by atoms with Gasteiger partial charge in [0.05, 0.1) is 6.10 Å². The molecule has 1 aliphatic rings. The molecule has 1 aliphatic carbocycles. The Labute approximate surface area is 121 Å². The lowest BCUT2D eigenvalue weighted by Crippen LogP contribution is -2.45. The van der Waals surface area contributed by atoms with Gasteiger partial charge in [-0.15, -0.1) is 11.3 Å². The Bertz CT molecular complexity index is 607. The second-order valence-electron chi connectivity index (χ2n) is 4.96. The number of hydrogen-bond donors (Lipinski definition) is 3. The van der Waals surface area contributed by atoms with Gasteiger partial charge in [0.15, 0.2) is 0 Å². The number of carbonyl (C=O) groups is 1. The standard InChI is InChI=1S/C12H17NO5S2/c1-7-6-19-10(12(15)16)11(7)20(17,18)13-8-4-2-3-5-9(8)14/h6,8-9,13-14H,2-5H2,1H3,(H,15,16)/t8-,9-/m1/s1. The van der Waals surface area contributed by atoms with Crippen LogP contribution in [0.15, 0.2) is 10.3 Å². The minimum Gasteiger partial charge on any atom is -0.477 e. The van der Waals surface area contributed by atoms with Crippen molar-refractivity contribution in [1.82, 2.24) is 4.72 Å². The summed E-state index contributed by atoms with van der Waals surface area (Å²) in [6.07, 6.45) is 2.12. The number of aromatic carboxylic acids is 1. The third kappa shape index (κ3) is 3.03. The third-order valence-corrected chi connectivity index (χ3v) is 6.31. The molecule has 112 valence electrons. The van der Waals surface area contributed by atoms with E-state index in [1.807, 2.05) is 0 Å². The van der Waals surface area contributed by atoms with Gasteiger partial charge in [-0.2, -0.15) is 0 Å². The van der Waals surface area contributed by atoms with Crippen LogP contribution in [-0.2, 0) is 10.0 Å². The quantitative estimate of drug-likeness (QED) is 0.777. The fourth-order valence-electron chi connectivity index (χ4n) is 2.42. The van der Waals surface area contributed by atoms with Crippen LogP contribution in [0.1, 0.15) is 40.9 Å². The molecule has 1 aromatic heterocycles. The number of thiophene rings is 1. The summed E-state index contributed by atoms with van der Waals surface area (Å²) in [6, 6.07) is -0.547. The molecule has 1 fully saturated rings.